The van der Waals surface area contributed by atoms with E-state index in [0.717, 1.165) is 0 Å². The van der Waals surface area contributed by atoms with Crippen LogP contribution >= 0.6 is 0 Å². The predicted molar refractivity (Wildman–Crippen MR) is 114 cm³/mol. The van der Waals surface area contributed by atoms with Crippen molar-refractivity contribution in [3.8, 4) is 0 Å². The van der Waals surface area contributed by atoms with Crippen LogP contribution in [0.4, 0.5) is 10.1 Å². The molecule has 1 heterocycles. The van der Waals surface area contributed by atoms with Crippen LogP contribution in [0.2, 0.25) is 0 Å². The summed E-state index contributed by atoms with van der Waals surface area (Å²) >= 11 is 0. The van der Waals surface area contributed by atoms with Crippen LogP contribution in [0.25, 0.3) is 0 Å². The molecule has 3 rings (SSSR count). The molecule has 1 aliphatic heterocycles. The van der Waals surface area contributed by atoms with Crippen LogP contribution in [0.3, 0.4) is 0 Å². The number of esters is 1. The minimum absolute atomic E-state index is 0.129. The van der Waals surface area contributed by atoms with Gasteiger partial charge >= 0.3 is 5.97 Å². The lowest BCUT2D eigenvalue weighted by atomic mass is 9.97. The van der Waals surface area contributed by atoms with Crippen molar-refractivity contribution in [2.75, 3.05) is 25.0 Å². The van der Waals surface area contributed by atoms with Gasteiger partial charge in [0.15, 0.2) is 0 Å². The first-order chi connectivity index (χ1) is 14.8. The van der Waals surface area contributed by atoms with Crippen LogP contribution in [-0.4, -0.2) is 44.3 Å². The SMILES string of the molecule is CCOC(=O)c1cccc(NC(=O)C2CCN(S(=O)(=O)Cc3ccccc3F)CC2)c1. The highest BCUT2D eigenvalue weighted by Crippen LogP contribution is 2.24. The number of sulfonamides is 1. The number of nitrogens with zero attached hydrogens (tertiary/aromatic N) is 1. The number of carbonyl (C=O) groups excluding carboxylic acids is 2. The Labute approximate surface area is 181 Å². The monoisotopic (exact) mass is 448 g/mol. The van der Waals surface area contributed by atoms with Crippen LogP contribution in [-0.2, 0) is 25.3 Å². The number of ether oxygens (including phenoxy) is 1. The summed E-state index contributed by atoms with van der Waals surface area (Å²) in [6.45, 7) is 2.36. The van der Waals surface area contributed by atoms with Crippen molar-refractivity contribution in [1.82, 2.24) is 4.31 Å². The molecular formula is C22H25FN2O5S. The zero-order chi connectivity index (χ0) is 22.4. The van der Waals surface area contributed by atoms with Crippen LogP contribution in [0.15, 0.2) is 48.5 Å². The molecule has 1 fully saturated rings. The van der Waals surface area contributed by atoms with Gasteiger partial charge in [-0.05, 0) is 44.0 Å². The van der Waals surface area contributed by atoms with E-state index in [-0.39, 0.29) is 37.1 Å². The summed E-state index contributed by atoms with van der Waals surface area (Å²) < 4.78 is 45.4. The van der Waals surface area contributed by atoms with Gasteiger partial charge in [-0.1, -0.05) is 24.3 Å². The summed E-state index contributed by atoms with van der Waals surface area (Å²) in [6, 6.07) is 12.3. The summed E-state index contributed by atoms with van der Waals surface area (Å²) in [4.78, 5) is 24.5. The van der Waals surface area contributed by atoms with Gasteiger partial charge in [-0.3, -0.25) is 4.79 Å². The number of hydrogen-bond acceptors (Lipinski definition) is 5. The molecule has 1 N–H and O–H groups in total. The lowest BCUT2D eigenvalue weighted by molar-refractivity contribution is -0.120. The zero-order valence-corrected chi connectivity index (χ0v) is 18.0. The smallest absolute Gasteiger partial charge is 0.338 e. The van der Waals surface area contributed by atoms with Crippen LogP contribution in [0, 0.1) is 11.7 Å². The Morgan fingerprint density at radius 1 is 1.13 bits per heavy atom. The molecule has 2 aromatic rings. The third-order valence-electron chi connectivity index (χ3n) is 5.16. The Morgan fingerprint density at radius 2 is 1.84 bits per heavy atom. The third kappa shape index (κ3) is 5.89. The Hall–Kier alpha value is -2.78. The molecule has 9 heteroatoms. The maximum absolute atomic E-state index is 13.8. The van der Waals surface area contributed by atoms with Crippen molar-refractivity contribution in [3.05, 3.63) is 65.5 Å². The van der Waals surface area contributed by atoms with Gasteiger partial charge in [0.2, 0.25) is 15.9 Å². The summed E-state index contributed by atoms with van der Waals surface area (Å²) in [5, 5.41) is 2.79. The van der Waals surface area contributed by atoms with E-state index in [2.05, 4.69) is 5.32 Å². The first-order valence-corrected chi connectivity index (χ1v) is 11.7. The summed E-state index contributed by atoms with van der Waals surface area (Å²) in [5.74, 6) is -2.01. The number of amides is 1. The second-order valence-corrected chi connectivity index (χ2v) is 9.28. The maximum Gasteiger partial charge on any atom is 0.338 e. The van der Waals surface area contributed by atoms with Gasteiger partial charge in [-0.15, -0.1) is 0 Å². The molecular weight excluding hydrogens is 423 g/mol. The van der Waals surface area contributed by atoms with Gasteiger partial charge in [0.25, 0.3) is 0 Å². The number of hydrogen-bond donors (Lipinski definition) is 1. The standard InChI is InChI=1S/C22H25FN2O5S/c1-2-30-22(27)17-7-5-8-19(14-17)24-21(26)16-10-12-25(13-11-16)31(28,29)15-18-6-3-4-9-20(18)23/h3-9,14,16H,2,10-13,15H2,1H3,(H,24,26). The molecule has 0 radical (unpaired) electrons. The number of nitrogens with one attached hydrogen (secondary N) is 1. The van der Waals surface area contributed by atoms with E-state index in [1.54, 1.807) is 37.3 Å². The Morgan fingerprint density at radius 3 is 2.52 bits per heavy atom. The third-order valence-corrected chi connectivity index (χ3v) is 6.98. The topological polar surface area (TPSA) is 92.8 Å². The highest BCUT2D eigenvalue weighted by molar-refractivity contribution is 7.88. The van der Waals surface area contributed by atoms with Crippen molar-refractivity contribution in [2.45, 2.75) is 25.5 Å². The molecule has 0 bridgehead atoms. The van der Waals surface area contributed by atoms with Crippen LogP contribution < -0.4 is 5.32 Å². The quantitative estimate of drug-likeness (QED) is 0.657. The fourth-order valence-electron chi connectivity index (χ4n) is 3.48. The van der Waals surface area contributed by atoms with Crippen LogP contribution in [0.5, 0.6) is 0 Å². The van der Waals surface area contributed by atoms with Gasteiger partial charge in [0, 0.05) is 30.3 Å². The number of carbonyl (C=O) groups is 2. The molecule has 1 amide bonds. The minimum atomic E-state index is -3.68. The lowest BCUT2D eigenvalue weighted by Crippen LogP contribution is -2.42. The van der Waals surface area contributed by atoms with Crippen LogP contribution in [0.1, 0.15) is 35.7 Å². The molecule has 0 spiro atoms. The highest BCUT2D eigenvalue weighted by atomic mass is 32.2. The summed E-state index contributed by atoms with van der Waals surface area (Å²) in [7, 11) is -3.68. The second kappa shape index (κ2) is 10.0. The van der Waals surface area contributed by atoms with Crippen molar-refractivity contribution < 1.29 is 27.1 Å². The highest BCUT2D eigenvalue weighted by Gasteiger charge is 2.31. The average Bonchev–Trinajstić information content (AvgIpc) is 2.76. The number of halogens is 1. The Kier molecular flexibility index (Phi) is 7.40. The summed E-state index contributed by atoms with van der Waals surface area (Å²) in [6.07, 6.45) is 0.722. The van der Waals surface area contributed by atoms with Gasteiger partial charge < -0.3 is 10.1 Å². The molecule has 7 nitrogen and oxygen atoms in total. The van der Waals surface area contributed by atoms with Crippen molar-refractivity contribution in [3.63, 3.8) is 0 Å². The Balaban J connectivity index is 1.57. The van der Waals surface area contributed by atoms with Gasteiger partial charge in [-0.25, -0.2) is 21.9 Å². The predicted octanol–water partition coefficient (Wildman–Crippen LogP) is 3.18. The molecule has 31 heavy (non-hydrogen) atoms. The molecule has 1 saturated heterocycles. The van der Waals surface area contributed by atoms with E-state index in [1.807, 2.05) is 0 Å². The normalized spacial score (nSPS) is 15.4. The fourth-order valence-corrected chi connectivity index (χ4v) is 5.06. The van der Waals surface area contributed by atoms with Gasteiger partial charge in [-0.2, -0.15) is 0 Å². The van der Waals surface area contributed by atoms with E-state index >= 15 is 0 Å². The number of benzene rings is 2. The first-order valence-electron chi connectivity index (χ1n) is 10.1. The van der Waals surface area contributed by atoms with Crippen molar-refractivity contribution in [2.24, 2.45) is 5.92 Å². The molecule has 0 atom stereocenters. The van der Waals surface area contributed by atoms with E-state index in [9.17, 15) is 22.4 Å². The first kappa shape index (κ1) is 22.9. The molecule has 1 aliphatic rings. The van der Waals surface area contributed by atoms with E-state index in [4.69, 9.17) is 4.74 Å². The molecule has 0 unspecified atom stereocenters. The molecule has 166 valence electrons. The summed E-state index contributed by atoms with van der Waals surface area (Å²) in [5.41, 5.74) is 0.947. The molecule has 2 aromatic carbocycles. The molecule has 0 saturated carbocycles. The molecule has 0 aromatic heterocycles. The van der Waals surface area contributed by atoms with Crippen molar-refractivity contribution in [1.29, 1.82) is 0 Å². The van der Waals surface area contributed by atoms with Gasteiger partial charge in [0.1, 0.15) is 5.82 Å². The second-order valence-electron chi connectivity index (χ2n) is 7.31. The van der Waals surface area contributed by atoms with E-state index < -0.39 is 27.6 Å². The minimum Gasteiger partial charge on any atom is -0.462 e. The largest absolute Gasteiger partial charge is 0.462 e. The number of piperidine rings is 1. The van der Waals surface area contributed by atoms with E-state index in [0.29, 0.717) is 24.1 Å². The number of rotatable bonds is 7. The fraction of sp³-hybridized carbons (Fsp3) is 0.364. The van der Waals surface area contributed by atoms with Gasteiger partial charge in [0.05, 0.1) is 17.9 Å². The van der Waals surface area contributed by atoms with E-state index in [1.165, 1.54) is 22.5 Å². The average molecular weight is 449 g/mol. The zero-order valence-electron chi connectivity index (χ0n) is 17.2. The molecule has 0 aliphatic carbocycles. The maximum atomic E-state index is 13.8. The number of anilines is 1. The van der Waals surface area contributed by atoms with Crippen molar-refractivity contribution >= 4 is 27.6 Å². The Bertz CT molecular complexity index is 1050. The lowest BCUT2D eigenvalue weighted by Gasteiger charge is -2.30.